The molecule has 156 valence electrons. The van der Waals surface area contributed by atoms with E-state index in [0.29, 0.717) is 16.5 Å². The lowest BCUT2D eigenvalue weighted by atomic mass is 10.0. The molecule has 0 aliphatic heterocycles. The van der Waals surface area contributed by atoms with Gasteiger partial charge in [0.2, 0.25) is 0 Å². The Balaban J connectivity index is 1.79. The van der Waals surface area contributed by atoms with Gasteiger partial charge in [-0.1, -0.05) is 36.4 Å². The van der Waals surface area contributed by atoms with Crippen molar-refractivity contribution in [2.75, 3.05) is 12.4 Å². The number of rotatable bonds is 5. The fraction of sp³-hybridized carbons (Fsp3) is 0.182. The lowest BCUT2D eigenvalue weighted by Crippen LogP contribution is -2.30. The average Bonchev–Trinajstić information content (AvgIpc) is 2.72. The second-order valence-corrected chi connectivity index (χ2v) is 6.44. The van der Waals surface area contributed by atoms with Crippen LogP contribution in [-0.4, -0.2) is 25.1 Å². The van der Waals surface area contributed by atoms with Crippen molar-refractivity contribution in [2.24, 2.45) is 0 Å². The van der Waals surface area contributed by atoms with Gasteiger partial charge in [-0.05, 0) is 36.6 Å². The van der Waals surface area contributed by atoms with Crippen LogP contribution in [0.3, 0.4) is 0 Å². The second kappa shape index (κ2) is 8.44. The number of amides is 1. The lowest BCUT2D eigenvalue weighted by molar-refractivity contribution is -0.137. The number of fused-ring (bicyclic) bond motifs is 1. The summed E-state index contributed by atoms with van der Waals surface area (Å²) in [6, 6.07) is 14.7. The number of nitrogens with one attached hydrogen (secondary N) is 1. The highest BCUT2D eigenvalue weighted by molar-refractivity contribution is 6.07. The number of anilines is 1. The van der Waals surface area contributed by atoms with E-state index in [2.05, 4.69) is 5.32 Å². The van der Waals surface area contributed by atoms with Crippen LogP contribution in [0.15, 0.2) is 60.7 Å². The van der Waals surface area contributed by atoms with Crippen LogP contribution in [0.25, 0.3) is 10.8 Å². The van der Waals surface area contributed by atoms with Crippen LogP contribution in [0.2, 0.25) is 0 Å². The normalized spacial score (nSPS) is 12.3. The summed E-state index contributed by atoms with van der Waals surface area (Å²) in [6.07, 6.45) is -5.95. The number of ether oxygens (including phenoxy) is 2. The molecular weight excluding hydrogens is 399 g/mol. The Kier molecular flexibility index (Phi) is 5.96. The summed E-state index contributed by atoms with van der Waals surface area (Å²) in [5, 5.41) is 3.43. The van der Waals surface area contributed by atoms with E-state index < -0.39 is 35.4 Å². The van der Waals surface area contributed by atoms with Crippen LogP contribution < -0.4 is 10.1 Å². The molecule has 1 N–H and O–H groups in total. The molecule has 5 nitrogen and oxygen atoms in total. The molecule has 0 aliphatic carbocycles. The number of carbonyl (C=O) groups excluding carboxylic acids is 2. The SMILES string of the molecule is COc1ccc(C(=O)O[C@@H](C)C(=O)Nc2ccccc2C(F)(F)F)c2ccccc12. The summed E-state index contributed by atoms with van der Waals surface area (Å²) in [6.45, 7) is 1.29. The first-order chi connectivity index (χ1) is 14.2. The van der Waals surface area contributed by atoms with E-state index in [4.69, 9.17) is 9.47 Å². The molecule has 0 aromatic heterocycles. The van der Waals surface area contributed by atoms with Crippen molar-refractivity contribution in [3.05, 3.63) is 71.8 Å². The van der Waals surface area contributed by atoms with Gasteiger partial charge in [-0.2, -0.15) is 13.2 Å². The number of benzene rings is 3. The van der Waals surface area contributed by atoms with Crippen molar-refractivity contribution in [3.8, 4) is 5.75 Å². The summed E-state index contributed by atoms with van der Waals surface area (Å²) in [5.41, 5.74) is -1.19. The van der Waals surface area contributed by atoms with Crippen molar-refractivity contribution >= 4 is 28.3 Å². The minimum atomic E-state index is -4.63. The first-order valence-electron chi connectivity index (χ1n) is 8.96. The molecule has 0 radical (unpaired) electrons. The molecule has 0 bridgehead atoms. The van der Waals surface area contributed by atoms with E-state index >= 15 is 0 Å². The van der Waals surface area contributed by atoms with Gasteiger partial charge in [-0.25, -0.2) is 4.79 Å². The Morgan fingerprint density at radius 3 is 2.23 bits per heavy atom. The Morgan fingerprint density at radius 2 is 1.57 bits per heavy atom. The minimum Gasteiger partial charge on any atom is -0.496 e. The molecule has 3 aromatic rings. The van der Waals surface area contributed by atoms with Crippen LogP contribution in [0.1, 0.15) is 22.8 Å². The molecule has 0 saturated carbocycles. The van der Waals surface area contributed by atoms with E-state index in [0.717, 1.165) is 12.1 Å². The molecule has 0 heterocycles. The number of esters is 1. The Morgan fingerprint density at radius 1 is 0.933 bits per heavy atom. The van der Waals surface area contributed by atoms with E-state index in [1.54, 1.807) is 30.3 Å². The number of hydrogen-bond donors (Lipinski definition) is 1. The third-order valence-electron chi connectivity index (χ3n) is 4.47. The van der Waals surface area contributed by atoms with Crippen LogP contribution in [0.4, 0.5) is 18.9 Å². The van der Waals surface area contributed by atoms with E-state index in [1.165, 1.54) is 32.2 Å². The molecule has 3 rings (SSSR count). The maximum absolute atomic E-state index is 13.1. The quantitative estimate of drug-likeness (QED) is 0.590. The Hall–Kier alpha value is -3.55. The van der Waals surface area contributed by atoms with Crippen LogP contribution in [-0.2, 0) is 15.7 Å². The summed E-state index contributed by atoms with van der Waals surface area (Å²) >= 11 is 0. The van der Waals surface area contributed by atoms with Gasteiger partial charge in [0.15, 0.2) is 6.10 Å². The zero-order chi connectivity index (χ0) is 21.9. The molecule has 1 amide bonds. The highest BCUT2D eigenvalue weighted by Gasteiger charge is 2.34. The molecule has 8 heteroatoms. The number of para-hydroxylation sites is 1. The molecule has 0 saturated heterocycles. The predicted octanol–water partition coefficient (Wildman–Crippen LogP) is 5.05. The molecule has 3 aromatic carbocycles. The number of hydrogen-bond acceptors (Lipinski definition) is 4. The van der Waals surface area contributed by atoms with Gasteiger partial charge < -0.3 is 14.8 Å². The molecule has 0 spiro atoms. The molecule has 0 fully saturated rings. The Bertz CT molecular complexity index is 1100. The molecule has 0 aliphatic rings. The standard InChI is InChI=1S/C22H18F3NO4/c1-13(20(27)26-18-10-6-5-9-17(18)22(23,24)25)30-21(28)16-11-12-19(29-2)15-8-4-3-7-14(15)16/h3-13H,1-2H3,(H,26,27)/t13-/m0/s1. The third kappa shape index (κ3) is 4.37. The summed E-state index contributed by atoms with van der Waals surface area (Å²) < 4.78 is 49.8. The minimum absolute atomic E-state index is 0.210. The smallest absolute Gasteiger partial charge is 0.418 e. The van der Waals surface area contributed by atoms with Gasteiger partial charge in [0.25, 0.3) is 5.91 Å². The van der Waals surface area contributed by atoms with E-state index in [1.807, 2.05) is 0 Å². The van der Waals surface area contributed by atoms with Gasteiger partial charge in [0.05, 0.1) is 23.9 Å². The maximum Gasteiger partial charge on any atom is 0.418 e. The van der Waals surface area contributed by atoms with Crippen LogP contribution in [0, 0.1) is 0 Å². The highest BCUT2D eigenvalue weighted by Crippen LogP contribution is 2.34. The highest BCUT2D eigenvalue weighted by atomic mass is 19.4. The Labute approximate surface area is 170 Å². The monoisotopic (exact) mass is 417 g/mol. The summed E-state index contributed by atoms with van der Waals surface area (Å²) in [4.78, 5) is 25.0. The largest absolute Gasteiger partial charge is 0.496 e. The van der Waals surface area contributed by atoms with Crippen LogP contribution >= 0.6 is 0 Å². The van der Waals surface area contributed by atoms with Crippen molar-refractivity contribution < 1.29 is 32.2 Å². The molecule has 30 heavy (non-hydrogen) atoms. The van der Waals surface area contributed by atoms with Gasteiger partial charge in [-0.15, -0.1) is 0 Å². The van der Waals surface area contributed by atoms with Crippen molar-refractivity contribution in [1.82, 2.24) is 0 Å². The first kappa shape index (κ1) is 21.2. The summed E-state index contributed by atoms with van der Waals surface area (Å²) in [5.74, 6) is -1.09. The van der Waals surface area contributed by atoms with Crippen molar-refractivity contribution in [2.45, 2.75) is 19.2 Å². The number of alkyl halides is 3. The van der Waals surface area contributed by atoms with E-state index in [9.17, 15) is 22.8 Å². The van der Waals surface area contributed by atoms with Gasteiger partial charge in [0.1, 0.15) is 5.75 Å². The number of halogens is 3. The topological polar surface area (TPSA) is 64.6 Å². The van der Waals surface area contributed by atoms with Gasteiger partial charge >= 0.3 is 12.1 Å². The van der Waals surface area contributed by atoms with E-state index in [-0.39, 0.29) is 5.56 Å². The fourth-order valence-corrected chi connectivity index (χ4v) is 2.98. The van der Waals surface area contributed by atoms with Gasteiger partial charge in [0, 0.05) is 5.39 Å². The predicted molar refractivity (Wildman–Crippen MR) is 105 cm³/mol. The summed E-state index contributed by atoms with van der Waals surface area (Å²) in [7, 11) is 1.50. The molecular formula is C22H18F3NO4. The number of carbonyl (C=O) groups is 2. The first-order valence-corrected chi connectivity index (χ1v) is 8.96. The zero-order valence-corrected chi connectivity index (χ0v) is 16.1. The van der Waals surface area contributed by atoms with Crippen molar-refractivity contribution in [3.63, 3.8) is 0 Å². The zero-order valence-electron chi connectivity index (χ0n) is 16.1. The molecule has 1 atom stereocenters. The lowest BCUT2D eigenvalue weighted by Gasteiger charge is -2.17. The molecule has 0 unspecified atom stereocenters. The second-order valence-electron chi connectivity index (χ2n) is 6.44. The average molecular weight is 417 g/mol. The van der Waals surface area contributed by atoms with Crippen LogP contribution in [0.5, 0.6) is 5.75 Å². The van der Waals surface area contributed by atoms with Crippen molar-refractivity contribution in [1.29, 1.82) is 0 Å². The maximum atomic E-state index is 13.1. The third-order valence-corrected chi connectivity index (χ3v) is 4.47. The number of methoxy groups -OCH3 is 1. The van der Waals surface area contributed by atoms with Gasteiger partial charge in [-0.3, -0.25) is 4.79 Å². The fourth-order valence-electron chi connectivity index (χ4n) is 2.98.